The molecule has 2 aromatic rings. The Morgan fingerprint density at radius 2 is 2.17 bits per heavy atom. The zero-order valence-corrected chi connectivity index (χ0v) is 13.6. The van der Waals surface area contributed by atoms with E-state index in [9.17, 15) is 4.79 Å². The standard InChI is InChI=1S/C17H22N4O2/c1-13-15(11-19-20(13)2)3-4-17(22)21-9-10-23-16(12-21)14-5-7-18-8-6-14/h5-8,11,16H,3-4,9-10,12H2,1-2H3/t16-/m1/s1. The van der Waals surface area contributed by atoms with Crippen LogP contribution in [0.2, 0.25) is 0 Å². The lowest BCUT2D eigenvalue weighted by Crippen LogP contribution is -2.42. The van der Waals surface area contributed by atoms with Crippen molar-refractivity contribution >= 4 is 5.91 Å². The Bertz CT molecular complexity index is 668. The highest BCUT2D eigenvalue weighted by atomic mass is 16.5. The largest absolute Gasteiger partial charge is 0.370 e. The molecule has 1 saturated heterocycles. The van der Waals surface area contributed by atoms with E-state index in [1.54, 1.807) is 12.4 Å². The Morgan fingerprint density at radius 3 is 2.87 bits per heavy atom. The smallest absolute Gasteiger partial charge is 0.223 e. The molecular formula is C17H22N4O2. The van der Waals surface area contributed by atoms with Gasteiger partial charge in [-0.25, -0.2) is 0 Å². The summed E-state index contributed by atoms with van der Waals surface area (Å²) in [4.78, 5) is 18.4. The van der Waals surface area contributed by atoms with Gasteiger partial charge in [0.15, 0.2) is 0 Å². The number of hydrogen-bond acceptors (Lipinski definition) is 4. The molecule has 1 aliphatic rings. The van der Waals surface area contributed by atoms with Gasteiger partial charge in [0.25, 0.3) is 0 Å². The van der Waals surface area contributed by atoms with Crippen LogP contribution in [0.1, 0.15) is 29.3 Å². The first-order valence-corrected chi connectivity index (χ1v) is 7.92. The number of rotatable bonds is 4. The molecule has 1 aliphatic heterocycles. The van der Waals surface area contributed by atoms with E-state index in [2.05, 4.69) is 10.1 Å². The van der Waals surface area contributed by atoms with Crippen molar-refractivity contribution in [1.29, 1.82) is 0 Å². The Hall–Kier alpha value is -2.21. The summed E-state index contributed by atoms with van der Waals surface area (Å²) in [5.74, 6) is 0.176. The molecule has 6 nitrogen and oxygen atoms in total. The zero-order chi connectivity index (χ0) is 16.2. The maximum atomic E-state index is 12.5. The Balaban J connectivity index is 1.58. The summed E-state index contributed by atoms with van der Waals surface area (Å²) in [5, 5.41) is 4.22. The third-order valence-corrected chi connectivity index (χ3v) is 4.44. The van der Waals surface area contributed by atoms with Gasteiger partial charge in [0.1, 0.15) is 6.10 Å². The molecule has 1 fully saturated rings. The van der Waals surface area contributed by atoms with Crippen molar-refractivity contribution in [3.8, 4) is 0 Å². The summed E-state index contributed by atoms with van der Waals surface area (Å²) >= 11 is 0. The van der Waals surface area contributed by atoms with Crippen molar-refractivity contribution in [2.24, 2.45) is 7.05 Å². The van der Waals surface area contributed by atoms with Crippen LogP contribution in [0.3, 0.4) is 0 Å². The van der Waals surface area contributed by atoms with Crippen molar-refractivity contribution in [1.82, 2.24) is 19.7 Å². The van der Waals surface area contributed by atoms with Gasteiger partial charge in [-0.05, 0) is 36.6 Å². The van der Waals surface area contributed by atoms with Gasteiger partial charge < -0.3 is 9.64 Å². The van der Waals surface area contributed by atoms with Gasteiger partial charge in [-0.1, -0.05) is 0 Å². The minimum Gasteiger partial charge on any atom is -0.370 e. The number of nitrogens with zero attached hydrogens (tertiary/aromatic N) is 4. The first-order chi connectivity index (χ1) is 11.1. The fraction of sp³-hybridized carbons (Fsp3) is 0.471. The van der Waals surface area contributed by atoms with Crippen molar-refractivity contribution in [2.75, 3.05) is 19.7 Å². The SMILES string of the molecule is Cc1c(CCC(=O)N2CCO[C@@H](c3ccncc3)C2)cnn1C. The maximum Gasteiger partial charge on any atom is 0.223 e. The molecule has 1 atom stereocenters. The van der Waals surface area contributed by atoms with Crippen LogP contribution in [0.25, 0.3) is 0 Å². The number of aryl methyl sites for hydroxylation is 2. The molecule has 1 amide bonds. The normalized spacial score (nSPS) is 18.2. The van der Waals surface area contributed by atoms with E-state index in [1.165, 1.54) is 0 Å². The first-order valence-electron chi connectivity index (χ1n) is 7.92. The summed E-state index contributed by atoms with van der Waals surface area (Å²) in [6.45, 7) is 3.87. The molecule has 122 valence electrons. The van der Waals surface area contributed by atoms with Crippen LogP contribution in [0.15, 0.2) is 30.7 Å². The summed E-state index contributed by atoms with van der Waals surface area (Å²) in [7, 11) is 1.92. The van der Waals surface area contributed by atoms with E-state index in [4.69, 9.17) is 4.74 Å². The van der Waals surface area contributed by atoms with Crippen LogP contribution in [0, 0.1) is 6.92 Å². The Labute approximate surface area is 136 Å². The van der Waals surface area contributed by atoms with Crippen LogP contribution in [0.4, 0.5) is 0 Å². The van der Waals surface area contributed by atoms with Crippen molar-refractivity contribution in [2.45, 2.75) is 25.9 Å². The fourth-order valence-electron chi connectivity index (χ4n) is 2.84. The monoisotopic (exact) mass is 314 g/mol. The molecule has 2 aromatic heterocycles. The van der Waals surface area contributed by atoms with E-state index in [1.807, 2.05) is 41.9 Å². The van der Waals surface area contributed by atoms with E-state index in [-0.39, 0.29) is 12.0 Å². The van der Waals surface area contributed by atoms with E-state index >= 15 is 0 Å². The summed E-state index contributed by atoms with van der Waals surface area (Å²) in [6.07, 6.45) is 6.54. The molecule has 3 rings (SSSR count). The molecule has 0 spiro atoms. The number of carbonyl (C=O) groups excluding carboxylic acids is 1. The van der Waals surface area contributed by atoms with Crippen LogP contribution in [-0.4, -0.2) is 45.3 Å². The third kappa shape index (κ3) is 3.59. The summed E-state index contributed by atoms with van der Waals surface area (Å²) in [5.41, 5.74) is 3.33. The topological polar surface area (TPSA) is 60.3 Å². The molecule has 6 heteroatoms. The minimum absolute atomic E-state index is 0.0594. The van der Waals surface area contributed by atoms with Crippen LogP contribution >= 0.6 is 0 Å². The van der Waals surface area contributed by atoms with Gasteiger partial charge in [0.05, 0.1) is 19.3 Å². The third-order valence-electron chi connectivity index (χ3n) is 4.44. The molecule has 0 unspecified atom stereocenters. The van der Waals surface area contributed by atoms with Crippen molar-refractivity contribution < 1.29 is 9.53 Å². The molecule has 3 heterocycles. The van der Waals surface area contributed by atoms with Gasteiger partial charge in [-0.15, -0.1) is 0 Å². The Kier molecular flexibility index (Phi) is 4.71. The van der Waals surface area contributed by atoms with E-state index in [0.717, 1.165) is 23.2 Å². The summed E-state index contributed by atoms with van der Waals surface area (Å²) < 4.78 is 7.64. The minimum atomic E-state index is -0.0594. The second-order valence-corrected chi connectivity index (χ2v) is 5.86. The quantitative estimate of drug-likeness (QED) is 0.861. The molecule has 0 bridgehead atoms. The average Bonchev–Trinajstić information content (AvgIpc) is 2.92. The van der Waals surface area contributed by atoms with Crippen LogP contribution in [0.5, 0.6) is 0 Å². The highest BCUT2D eigenvalue weighted by molar-refractivity contribution is 5.76. The lowest BCUT2D eigenvalue weighted by atomic mass is 10.1. The predicted molar refractivity (Wildman–Crippen MR) is 85.8 cm³/mol. The zero-order valence-electron chi connectivity index (χ0n) is 13.6. The Morgan fingerprint density at radius 1 is 1.39 bits per heavy atom. The van der Waals surface area contributed by atoms with Gasteiger partial charge in [0.2, 0.25) is 5.91 Å². The van der Waals surface area contributed by atoms with E-state index in [0.29, 0.717) is 26.1 Å². The lowest BCUT2D eigenvalue weighted by molar-refractivity contribution is -0.139. The molecule has 0 aromatic carbocycles. The number of carbonyl (C=O) groups is 1. The second kappa shape index (κ2) is 6.91. The number of aromatic nitrogens is 3. The highest BCUT2D eigenvalue weighted by Gasteiger charge is 2.25. The predicted octanol–water partition coefficient (Wildman–Crippen LogP) is 1.66. The van der Waals surface area contributed by atoms with Gasteiger partial charge in [-0.3, -0.25) is 14.5 Å². The molecule has 0 N–H and O–H groups in total. The van der Waals surface area contributed by atoms with Gasteiger partial charge in [0, 0.05) is 38.1 Å². The molecule has 0 saturated carbocycles. The van der Waals surface area contributed by atoms with E-state index < -0.39 is 0 Å². The fourth-order valence-corrected chi connectivity index (χ4v) is 2.84. The number of ether oxygens (including phenoxy) is 1. The molecule has 0 radical (unpaired) electrons. The van der Waals surface area contributed by atoms with Crippen molar-refractivity contribution in [3.63, 3.8) is 0 Å². The molecular weight excluding hydrogens is 292 g/mol. The number of pyridine rings is 1. The number of amides is 1. The second-order valence-electron chi connectivity index (χ2n) is 5.86. The first kappa shape index (κ1) is 15.7. The van der Waals surface area contributed by atoms with Gasteiger partial charge in [-0.2, -0.15) is 5.10 Å². The maximum absolute atomic E-state index is 12.5. The van der Waals surface area contributed by atoms with Gasteiger partial charge >= 0.3 is 0 Å². The number of hydrogen-bond donors (Lipinski definition) is 0. The summed E-state index contributed by atoms with van der Waals surface area (Å²) in [6, 6.07) is 3.88. The highest BCUT2D eigenvalue weighted by Crippen LogP contribution is 2.22. The molecule has 0 aliphatic carbocycles. The van der Waals surface area contributed by atoms with Crippen LogP contribution in [-0.2, 0) is 23.0 Å². The average molecular weight is 314 g/mol. The lowest BCUT2D eigenvalue weighted by Gasteiger charge is -2.33. The van der Waals surface area contributed by atoms with Crippen LogP contribution < -0.4 is 0 Å². The molecule has 23 heavy (non-hydrogen) atoms. The van der Waals surface area contributed by atoms with Crippen molar-refractivity contribution in [3.05, 3.63) is 47.5 Å². The number of morpholine rings is 1.